The minimum absolute atomic E-state index is 0.00904. The van der Waals surface area contributed by atoms with E-state index in [0.717, 1.165) is 34.8 Å². The van der Waals surface area contributed by atoms with Crippen LogP contribution in [0.4, 0.5) is 0 Å². The number of amides is 1. The van der Waals surface area contributed by atoms with Crippen molar-refractivity contribution in [2.75, 3.05) is 6.61 Å². The molecule has 0 radical (unpaired) electrons. The highest BCUT2D eigenvalue weighted by Gasteiger charge is 2.26. The molecule has 1 N–H and O–H groups in total. The second kappa shape index (κ2) is 8.29. The monoisotopic (exact) mass is 409 g/mol. The first-order valence-electron chi connectivity index (χ1n) is 9.77. The number of hydrogen-bond acceptors (Lipinski definition) is 3. The van der Waals surface area contributed by atoms with Crippen LogP contribution in [0.15, 0.2) is 48.5 Å². The van der Waals surface area contributed by atoms with E-state index in [-0.39, 0.29) is 11.8 Å². The van der Waals surface area contributed by atoms with E-state index >= 15 is 0 Å². The van der Waals surface area contributed by atoms with Gasteiger partial charge in [0.05, 0.1) is 18.2 Å². The third-order valence-corrected chi connectivity index (χ3v) is 5.68. The zero-order valence-corrected chi connectivity index (χ0v) is 17.4. The summed E-state index contributed by atoms with van der Waals surface area (Å²) in [6.45, 7) is 5.59. The molecule has 29 heavy (non-hydrogen) atoms. The molecule has 1 aliphatic rings. The van der Waals surface area contributed by atoms with Crippen molar-refractivity contribution < 1.29 is 9.53 Å². The van der Waals surface area contributed by atoms with Gasteiger partial charge >= 0.3 is 0 Å². The first-order valence-corrected chi connectivity index (χ1v) is 10.1. The average Bonchev–Trinajstić information content (AvgIpc) is 2.99. The van der Waals surface area contributed by atoms with E-state index in [1.807, 2.05) is 48.9 Å². The number of rotatable bonds is 5. The number of nitrogens with zero attached hydrogens (tertiary/aromatic N) is 2. The Morgan fingerprint density at radius 2 is 2.03 bits per heavy atom. The molecule has 0 spiro atoms. The van der Waals surface area contributed by atoms with Gasteiger partial charge in [-0.15, -0.1) is 0 Å². The summed E-state index contributed by atoms with van der Waals surface area (Å²) < 4.78 is 7.74. The molecule has 0 bridgehead atoms. The van der Waals surface area contributed by atoms with Gasteiger partial charge in [-0.2, -0.15) is 5.10 Å². The summed E-state index contributed by atoms with van der Waals surface area (Å²) >= 11 is 6.07. The molecule has 150 valence electrons. The number of aromatic nitrogens is 2. The van der Waals surface area contributed by atoms with Gasteiger partial charge in [-0.05, 0) is 49.6 Å². The first kappa shape index (κ1) is 19.5. The van der Waals surface area contributed by atoms with Crippen molar-refractivity contribution in [1.29, 1.82) is 0 Å². The Morgan fingerprint density at radius 3 is 2.83 bits per heavy atom. The van der Waals surface area contributed by atoms with Crippen molar-refractivity contribution in [3.05, 3.63) is 81.6 Å². The molecule has 5 nitrogen and oxygen atoms in total. The second-order valence-electron chi connectivity index (χ2n) is 7.47. The van der Waals surface area contributed by atoms with Crippen molar-refractivity contribution in [2.24, 2.45) is 5.92 Å². The predicted molar refractivity (Wildman–Crippen MR) is 113 cm³/mol. The van der Waals surface area contributed by atoms with Gasteiger partial charge in [-0.3, -0.25) is 9.48 Å². The molecule has 0 saturated heterocycles. The fourth-order valence-electron chi connectivity index (χ4n) is 3.75. The van der Waals surface area contributed by atoms with Crippen LogP contribution >= 0.6 is 11.6 Å². The average molecular weight is 410 g/mol. The molecule has 2 heterocycles. The fourth-order valence-corrected chi connectivity index (χ4v) is 3.95. The minimum Gasteiger partial charge on any atom is -0.492 e. The Morgan fingerprint density at radius 1 is 1.24 bits per heavy atom. The van der Waals surface area contributed by atoms with Crippen LogP contribution in [0.5, 0.6) is 5.75 Å². The zero-order valence-electron chi connectivity index (χ0n) is 16.6. The molecule has 3 aromatic rings. The van der Waals surface area contributed by atoms with E-state index in [9.17, 15) is 4.79 Å². The van der Waals surface area contributed by atoms with Gasteiger partial charge in [0.25, 0.3) is 0 Å². The largest absolute Gasteiger partial charge is 0.492 e. The Kier molecular flexibility index (Phi) is 5.58. The first-order chi connectivity index (χ1) is 14.0. The van der Waals surface area contributed by atoms with Crippen molar-refractivity contribution in [3.8, 4) is 5.75 Å². The fraction of sp³-hybridized carbons (Fsp3) is 0.304. The van der Waals surface area contributed by atoms with Crippen LogP contribution < -0.4 is 10.1 Å². The molecule has 6 heteroatoms. The Balaban J connectivity index is 1.41. The van der Waals surface area contributed by atoms with Crippen LogP contribution in [-0.2, 0) is 24.3 Å². The van der Waals surface area contributed by atoms with Crippen molar-refractivity contribution in [2.45, 2.75) is 33.4 Å². The molecule has 1 amide bonds. The third kappa shape index (κ3) is 4.30. The van der Waals surface area contributed by atoms with E-state index < -0.39 is 0 Å². The Labute approximate surface area is 175 Å². The van der Waals surface area contributed by atoms with Gasteiger partial charge in [0.2, 0.25) is 5.91 Å². The van der Waals surface area contributed by atoms with Crippen LogP contribution in [0.3, 0.4) is 0 Å². The van der Waals surface area contributed by atoms with Crippen LogP contribution in [-0.4, -0.2) is 22.3 Å². The highest BCUT2D eigenvalue weighted by atomic mass is 35.5. The van der Waals surface area contributed by atoms with Crippen molar-refractivity contribution >= 4 is 17.5 Å². The number of carbonyl (C=O) groups excluding carboxylic acids is 1. The van der Waals surface area contributed by atoms with Gasteiger partial charge in [-0.25, -0.2) is 0 Å². The number of nitrogens with one attached hydrogen (secondary N) is 1. The molecule has 1 atom stereocenters. The highest BCUT2D eigenvalue weighted by Crippen LogP contribution is 2.30. The summed E-state index contributed by atoms with van der Waals surface area (Å²) in [5.41, 5.74) is 5.26. The minimum atomic E-state index is -0.221. The van der Waals surface area contributed by atoms with E-state index in [4.69, 9.17) is 16.3 Å². The number of benzene rings is 2. The van der Waals surface area contributed by atoms with Crippen molar-refractivity contribution in [1.82, 2.24) is 15.1 Å². The molecular weight excluding hydrogens is 386 g/mol. The highest BCUT2D eigenvalue weighted by molar-refractivity contribution is 6.30. The quantitative estimate of drug-likeness (QED) is 0.691. The third-order valence-electron chi connectivity index (χ3n) is 5.45. The molecule has 1 aromatic heterocycles. The van der Waals surface area contributed by atoms with Crippen LogP contribution in [0.2, 0.25) is 5.02 Å². The summed E-state index contributed by atoms with van der Waals surface area (Å²) in [4.78, 5) is 12.7. The summed E-state index contributed by atoms with van der Waals surface area (Å²) in [5.74, 6) is 0.582. The number of fused-ring (bicyclic) bond motifs is 1. The number of carbonyl (C=O) groups is 1. The molecular formula is C23H24ClN3O2. The van der Waals surface area contributed by atoms with Gasteiger partial charge in [-0.1, -0.05) is 41.9 Å². The summed E-state index contributed by atoms with van der Waals surface area (Å²) in [6, 6.07) is 15.8. The maximum Gasteiger partial charge on any atom is 0.227 e. The standard InChI is InChI=1S/C23H24ClN3O2/c1-15-21(16(2)27(26-15)13-17-6-4-3-5-7-17)12-25-23(28)19-10-18-11-20(24)8-9-22(18)29-14-19/h3-9,11,19H,10,12-14H2,1-2H3,(H,25,28)/t19-/m1/s1. The summed E-state index contributed by atoms with van der Waals surface area (Å²) in [5, 5.41) is 8.39. The Bertz CT molecular complexity index is 1030. The molecule has 0 saturated carbocycles. The molecule has 0 aliphatic carbocycles. The van der Waals surface area contributed by atoms with Crippen molar-refractivity contribution in [3.63, 3.8) is 0 Å². The van der Waals surface area contributed by atoms with E-state index in [1.54, 1.807) is 6.07 Å². The maximum absolute atomic E-state index is 12.7. The lowest BCUT2D eigenvalue weighted by molar-refractivity contribution is -0.126. The number of hydrogen-bond donors (Lipinski definition) is 1. The lowest BCUT2D eigenvalue weighted by Gasteiger charge is -2.24. The van der Waals surface area contributed by atoms with Crippen LogP contribution in [0.1, 0.15) is 28.1 Å². The zero-order chi connectivity index (χ0) is 20.4. The predicted octanol–water partition coefficient (Wildman–Crippen LogP) is 4.07. The van der Waals surface area contributed by atoms with E-state index in [0.29, 0.717) is 24.6 Å². The maximum atomic E-state index is 12.7. The van der Waals surface area contributed by atoms with Gasteiger partial charge in [0, 0.05) is 22.8 Å². The molecule has 4 rings (SSSR count). The van der Waals surface area contributed by atoms with Gasteiger partial charge < -0.3 is 10.1 Å². The van der Waals surface area contributed by atoms with Gasteiger partial charge in [0.1, 0.15) is 12.4 Å². The molecule has 0 fully saturated rings. The smallest absolute Gasteiger partial charge is 0.227 e. The van der Waals surface area contributed by atoms with E-state index in [2.05, 4.69) is 22.5 Å². The normalized spacial score (nSPS) is 15.5. The lowest BCUT2D eigenvalue weighted by atomic mass is 9.96. The van der Waals surface area contributed by atoms with Crippen LogP contribution in [0, 0.1) is 19.8 Å². The summed E-state index contributed by atoms with van der Waals surface area (Å²) in [6.07, 6.45) is 0.632. The summed E-state index contributed by atoms with van der Waals surface area (Å²) in [7, 11) is 0. The molecule has 1 aliphatic heterocycles. The molecule has 2 aromatic carbocycles. The van der Waals surface area contributed by atoms with E-state index in [1.165, 1.54) is 5.56 Å². The SMILES string of the molecule is Cc1nn(Cc2ccccc2)c(C)c1CNC(=O)[C@H]1COc2ccc(Cl)cc2C1. The Hall–Kier alpha value is -2.79. The van der Waals surface area contributed by atoms with Crippen LogP contribution in [0.25, 0.3) is 0 Å². The second-order valence-corrected chi connectivity index (χ2v) is 7.91. The number of halogens is 1. The molecule has 0 unspecified atom stereocenters. The number of ether oxygens (including phenoxy) is 1. The number of aryl methyl sites for hydroxylation is 1. The topological polar surface area (TPSA) is 56.2 Å². The lowest BCUT2D eigenvalue weighted by Crippen LogP contribution is -2.37. The van der Waals surface area contributed by atoms with Gasteiger partial charge in [0.15, 0.2) is 0 Å².